The molecule has 140 valence electrons. The van der Waals surface area contributed by atoms with Crippen LogP contribution >= 0.6 is 11.3 Å². The first-order valence-electron chi connectivity index (χ1n) is 7.90. The number of anilines is 2. The number of hydrogen-bond donors (Lipinski definition) is 2. The molecular weight excluding hydrogens is 376 g/mol. The van der Waals surface area contributed by atoms with Gasteiger partial charge in [-0.3, -0.25) is 4.79 Å². The molecule has 1 atom stereocenters. The van der Waals surface area contributed by atoms with Crippen LogP contribution in [0.1, 0.15) is 44.8 Å². The van der Waals surface area contributed by atoms with Crippen LogP contribution in [0, 0.1) is 11.3 Å². The second-order valence-electron chi connectivity index (χ2n) is 5.44. The quantitative estimate of drug-likeness (QED) is 0.544. The Kier molecular flexibility index (Phi) is 5.09. The van der Waals surface area contributed by atoms with Crippen molar-refractivity contribution in [2.75, 3.05) is 24.3 Å². The fraction of sp³-hybridized carbons (Fsp3) is 0.312. The van der Waals surface area contributed by atoms with E-state index in [0.717, 1.165) is 17.4 Å². The van der Waals surface area contributed by atoms with Crippen molar-refractivity contribution in [1.82, 2.24) is 5.16 Å². The fourth-order valence-corrected chi connectivity index (χ4v) is 3.47. The summed E-state index contributed by atoms with van der Waals surface area (Å²) in [5.74, 6) is -2.02. The average molecular weight is 390 g/mol. The smallest absolute Gasteiger partial charge is 0.360 e. The number of thiophene rings is 1. The zero-order valence-corrected chi connectivity index (χ0v) is 14.9. The highest BCUT2D eigenvalue weighted by molar-refractivity contribution is 7.19. The summed E-state index contributed by atoms with van der Waals surface area (Å²) in [6.07, 6.45) is 0.440. The van der Waals surface area contributed by atoms with Crippen LogP contribution in [-0.4, -0.2) is 42.1 Å². The number of nitrogens with zero attached hydrogens (tertiary/aromatic N) is 2. The van der Waals surface area contributed by atoms with E-state index in [0.29, 0.717) is 6.42 Å². The number of ether oxygens (including phenoxy) is 2. The summed E-state index contributed by atoms with van der Waals surface area (Å²) in [7, 11) is 0. The molecule has 10 nitrogen and oxygen atoms in total. The Morgan fingerprint density at radius 2 is 2.33 bits per heavy atom. The SMILES string of the molecule is CCOC(=O)c1cc(C(=O)c2sc(NC3CCOC3=O)c(C#N)c2N)on1. The zero-order valence-electron chi connectivity index (χ0n) is 14.1. The van der Waals surface area contributed by atoms with Gasteiger partial charge in [-0.05, 0) is 6.92 Å². The van der Waals surface area contributed by atoms with Gasteiger partial charge in [0.2, 0.25) is 11.5 Å². The standard InChI is InChI=1S/C16H14N4O6S/c1-2-24-16(23)9-5-10(26-20-9)12(21)13-11(18)7(6-17)14(27-13)19-8-3-4-25-15(8)22/h5,8,19H,2-4,18H2,1H3. The van der Waals surface area contributed by atoms with Crippen molar-refractivity contribution in [1.29, 1.82) is 5.26 Å². The third-order valence-corrected chi connectivity index (χ3v) is 4.86. The van der Waals surface area contributed by atoms with E-state index in [1.165, 1.54) is 0 Å². The molecule has 0 aliphatic carbocycles. The first kappa shape index (κ1) is 18.4. The van der Waals surface area contributed by atoms with Crippen LogP contribution in [0.2, 0.25) is 0 Å². The Balaban J connectivity index is 1.88. The number of esters is 2. The van der Waals surface area contributed by atoms with Gasteiger partial charge in [-0.1, -0.05) is 5.16 Å². The van der Waals surface area contributed by atoms with Crippen molar-refractivity contribution in [2.24, 2.45) is 0 Å². The molecule has 0 spiro atoms. The largest absolute Gasteiger partial charge is 0.464 e. The van der Waals surface area contributed by atoms with Crippen LogP contribution in [0.25, 0.3) is 0 Å². The Labute approximate surface area is 156 Å². The van der Waals surface area contributed by atoms with E-state index < -0.39 is 23.8 Å². The first-order chi connectivity index (χ1) is 13.0. The highest BCUT2D eigenvalue weighted by atomic mass is 32.1. The molecular formula is C16H14N4O6S. The minimum atomic E-state index is -0.723. The highest BCUT2D eigenvalue weighted by Gasteiger charge is 2.31. The highest BCUT2D eigenvalue weighted by Crippen LogP contribution is 2.37. The summed E-state index contributed by atoms with van der Waals surface area (Å²) in [5, 5.41) is 16.0. The lowest BCUT2D eigenvalue weighted by Crippen LogP contribution is -2.24. The predicted molar refractivity (Wildman–Crippen MR) is 92.3 cm³/mol. The van der Waals surface area contributed by atoms with Gasteiger partial charge in [0.1, 0.15) is 27.6 Å². The molecule has 27 heavy (non-hydrogen) atoms. The van der Waals surface area contributed by atoms with Crippen LogP contribution in [0.4, 0.5) is 10.7 Å². The maximum atomic E-state index is 12.7. The van der Waals surface area contributed by atoms with Crippen LogP contribution in [0.5, 0.6) is 0 Å². The van der Waals surface area contributed by atoms with Gasteiger partial charge < -0.3 is 25.0 Å². The third-order valence-electron chi connectivity index (χ3n) is 3.72. The number of aromatic nitrogens is 1. The molecule has 0 radical (unpaired) electrons. The first-order valence-corrected chi connectivity index (χ1v) is 8.72. The number of nitrogens with one attached hydrogen (secondary N) is 1. The van der Waals surface area contributed by atoms with Gasteiger partial charge in [-0.25, -0.2) is 9.59 Å². The number of ketones is 1. The van der Waals surface area contributed by atoms with Crippen molar-refractivity contribution < 1.29 is 28.4 Å². The van der Waals surface area contributed by atoms with E-state index in [1.54, 1.807) is 6.92 Å². The van der Waals surface area contributed by atoms with Gasteiger partial charge in [0.25, 0.3) is 0 Å². The molecule has 1 aliphatic heterocycles. The maximum absolute atomic E-state index is 12.7. The van der Waals surface area contributed by atoms with Crippen molar-refractivity contribution in [2.45, 2.75) is 19.4 Å². The summed E-state index contributed by atoms with van der Waals surface area (Å²) in [6, 6.07) is 2.45. The van der Waals surface area contributed by atoms with Gasteiger partial charge in [0.15, 0.2) is 5.69 Å². The lowest BCUT2D eigenvalue weighted by atomic mass is 10.1. The van der Waals surface area contributed by atoms with Crippen LogP contribution in [0.3, 0.4) is 0 Å². The lowest BCUT2D eigenvalue weighted by Gasteiger charge is -2.07. The van der Waals surface area contributed by atoms with Gasteiger partial charge in [-0.15, -0.1) is 11.3 Å². The molecule has 3 heterocycles. The average Bonchev–Trinajstić information content (AvgIpc) is 3.35. The molecule has 0 saturated carbocycles. The zero-order chi connectivity index (χ0) is 19.6. The monoisotopic (exact) mass is 390 g/mol. The third kappa shape index (κ3) is 3.47. The predicted octanol–water partition coefficient (Wildman–Crippen LogP) is 1.33. The number of carbonyl (C=O) groups is 3. The topological polar surface area (TPSA) is 158 Å². The fourth-order valence-electron chi connectivity index (χ4n) is 2.41. The number of carbonyl (C=O) groups excluding carboxylic acids is 3. The molecule has 2 aromatic rings. The van der Waals surface area contributed by atoms with E-state index in [9.17, 15) is 19.6 Å². The summed E-state index contributed by atoms with van der Waals surface area (Å²) in [4.78, 5) is 35.9. The molecule has 3 N–H and O–H groups in total. The number of nitrogen functional groups attached to an aromatic ring is 1. The van der Waals surface area contributed by atoms with Crippen molar-refractivity contribution in [3.8, 4) is 6.07 Å². The summed E-state index contributed by atoms with van der Waals surface area (Å²) >= 11 is 0.911. The Hall–Kier alpha value is -3.39. The van der Waals surface area contributed by atoms with E-state index in [1.807, 2.05) is 6.07 Å². The second-order valence-corrected chi connectivity index (χ2v) is 6.46. The molecule has 1 saturated heterocycles. The maximum Gasteiger partial charge on any atom is 0.360 e. The van der Waals surface area contributed by atoms with E-state index in [-0.39, 0.29) is 45.8 Å². The van der Waals surface area contributed by atoms with E-state index >= 15 is 0 Å². The molecule has 0 amide bonds. The normalized spacial score (nSPS) is 15.9. The van der Waals surface area contributed by atoms with Gasteiger partial charge >= 0.3 is 11.9 Å². The molecule has 1 aliphatic rings. The molecule has 1 fully saturated rings. The minimum absolute atomic E-state index is 0.0342. The van der Waals surface area contributed by atoms with Crippen molar-refractivity contribution in [3.05, 3.63) is 28.0 Å². The molecule has 0 aromatic carbocycles. The Morgan fingerprint density at radius 3 is 2.96 bits per heavy atom. The van der Waals surface area contributed by atoms with E-state index in [4.69, 9.17) is 19.7 Å². The molecule has 0 bridgehead atoms. The number of cyclic esters (lactones) is 1. The van der Waals surface area contributed by atoms with Crippen LogP contribution < -0.4 is 11.1 Å². The van der Waals surface area contributed by atoms with Crippen molar-refractivity contribution >= 4 is 39.7 Å². The van der Waals surface area contributed by atoms with Gasteiger partial charge in [-0.2, -0.15) is 5.26 Å². The Morgan fingerprint density at radius 1 is 1.56 bits per heavy atom. The minimum Gasteiger partial charge on any atom is -0.464 e. The number of hydrogen-bond acceptors (Lipinski definition) is 11. The molecule has 11 heteroatoms. The number of nitrogens with two attached hydrogens (primary N) is 1. The summed E-state index contributed by atoms with van der Waals surface area (Å²) in [5.41, 5.74) is 5.79. The summed E-state index contributed by atoms with van der Waals surface area (Å²) < 4.78 is 14.6. The molecule has 2 aromatic heterocycles. The van der Waals surface area contributed by atoms with Gasteiger partial charge in [0, 0.05) is 12.5 Å². The number of rotatable bonds is 6. The van der Waals surface area contributed by atoms with Crippen molar-refractivity contribution in [3.63, 3.8) is 0 Å². The van der Waals surface area contributed by atoms with E-state index in [2.05, 4.69) is 10.5 Å². The number of nitriles is 1. The summed E-state index contributed by atoms with van der Waals surface area (Å²) in [6.45, 7) is 2.06. The van der Waals surface area contributed by atoms with Crippen LogP contribution in [-0.2, 0) is 14.3 Å². The Bertz CT molecular complexity index is 957. The lowest BCUT2D eigenvalue weighted by molar-refractivity contribution is -0.138. The van der Waals surface area contributed by atoms with Crippen LogP contribution in [0.15, 0.2) is 10.6 Å². The molecule has 1 unspecified atom stereocenters. The van der Waals surface area contributed by atoms with Gasteiger partial charge in [0.05, 0.1) is 18.9 Å². The second kappa shape index (κ2) is 7.46. The molecule has 3 rings (SSSR count).